The molecule has 0 saturated carbocycles. The molecule has 2 heterocycles. The molecule has 0 aliphatic heterocycles. The summed E-state index contributed by atoms with van der Waals surface area (Å²) >= 11 is 13.7. The maximum absolute atomic E-state index is 6.25. The van der Waals surface area contributed by atoms with Gasteiger partial charge in [-0.1, -0.05) is 30.1 Å². The Bertz CT molecular complexity index is 501. The van der Waals surface area contributed by atoms with Gasteiger partial charge in [0.1, 0.15) is 11.5 Å². The predicted octanol–water partition coefficient (Wildman–Crippen LogP) is 4.96. The SMILES string of the molecule is CCNC(c1cc(C)oc1C)c1cc(Cl)sc1Cl. The lowest BCUT2D eigenvalue weighted by Gasteiger charge is -2.16. The third-order valence-electron chi connectivity index (χ3n) is 2.79. The molecule has 2 aromatic rings. The van der Waals surface area contributed by atoms with Crippen molar-refractivity contribution >= 4 is 34.5 Å². The summed E-state index contributed by atoms with van der Waals surface area (Å²) in [4.78, 5) is 0. The highest BCUT2D eigenvalue weighted by Crippen LogP contribution is 2.38. The highest BCUT2D eigenvalue weighted by Gasteiger charge is 2.22. The van der Waals surface area contributed by atoms with E-state index in [1.54, 1.807) is 0 Å². The minimum absolute atomic E-state index is 0.0312. The van der Waals surface area contributed by atoms with Gasteiger partial charge in [0.25, 0.3) is 0 Å². The third-order valence-corrected chi connectivity index (χ3v) is 4.31. The predicted molar refractivity (Wildman–Crippen MR) is 78.0 cm³/mol. The fourth-order valence-corrected chi connectivity index (χ4v) is 3.61. The summed E-state index contributed by atoms with van der Waals surface area (Å²) in [6, 6.07) is 4.00. The van der Waals surface area contributed by atoms with E-state index in [4.69, 9.17) is 27.6 Å². The monoisotopic (exact) mass is 303 g/mol. The lowest BCUT2D eigenvalue weighted by molar-refractivity contribution is 0.495. The van der Waals surface area contributed by atoms with E-state index in [1.807, 2.05) is 26.0 Å². The van der Waals surface area contributed by atoms with Crippen LogP contribution in [-0.4, -0.2) is 6.54 Å². The summed E-state index contributed by atoms with van der Waals surface area (Å²) in [5.41, 5.74) is 2.13. The number of aryl methyl sites for hydroxylation is 2. The first-order chi connectivity index (χ1) is 8.52. The zero-order valence-electron chi connectivity index (χ0n) is 10.5. The molecule has 2 aromatic heterocycles. The van der Waals surface area contributed by atoms with Crippen molar-refractivity contribution in [3.63, 3.8) is 0 Å². The van der Waals surface area contributed by atoms with Gasteiger partial charge in [-0.25, -0.2) is 0 Å². The largest absolute Gasteiger partial charge is 0.466 e. The van der Waals surface area contributed by atoms with Gasteiger partial charge in [-0.2, -0.15) is 0 Å². The van der Waals surface area contributed by atoms with Crippen LogP contribution >= 0.6 is 34.5 Å². The van der Waals surface area contributed by atoms with Gasteiger partial charge in [-0.05, 0) is 32.5 Å². The summed E-state index contributed by atoms with van der Waals surface area (Å²) in [6.07, 6.45) is 0. The summed E-state index contributed by atoms with van der Waals surface area (Å²) in [6.45, 7) is 6.82. The van der Waals surface area contributed by atoms with Crippen LogP contribution in [-0.2, 0) is 0 Å². The van der Waals surface area contributed by atoms with E-state index in [1.165, 1.54) is 11.3 Å². The number of thiophene rings is 1. The summed E-state index contributed by atoms with van der Waals surface area (Å²) in [5, 5.41) is 3.43. The van der Waals surface area contributed by atoms with E-state index in [-0.39, 0.29) is 6.04 Å². The molecular weight excluding hydrogens is 289 g/mol. The molecule has 0 bridgehead atoms. The Balaban J connectivity index is 2.46. The van der Waals surface area contributed by atoms with Gasteiger partial charge in [0, 0.05) is 11.1 Å². The van der Waals surface area contributed by atoms with Crippen molar-refractivity contribution in [1.82, 2.24) is 5.32 Å². The van der Waals surface area contributed by atoms with Crippen molar-refractivity contribution < 1.29 is 4.42 Å². The quantitative estimate of drug-likeness (QED) is 0.863. The lowest BCUT2D eigenvalue weighted by Crippen LogP contribution is -2.22. The molecule has 18 heavy (non-hydrogen) atoms. The van der Waals surface area contributed by atoms with Crippen LogP contribution in [0.25, 0.3) is 0 Å². The number of halogens is 2. The van der Waals surface area contributed by atoms with Crippen LogP contribution in [0.1, 0.15) is 35.6 Å². The average molecular weight is 304 g/mol. The molecule has 1 atom stereocenters. The van der Waals surface area contributed by atoms with Crippen molar-refractivity contribution in [1.29, 1.82) is 0 Å². The molecule has 2 rings (SSSR count). The molecule has 1 unspecified atom stereocenters. The molecule has 0 aliphatic rings. The van der Waals surface area contributed by atoms with E-state index in [9.17, 15) is 0 Å². The van der Waals surface area contributed by atoms with E-state index in [0.29, 0.717) is 4.34 Å². The minimum atomic E-state index is 0.0312. The third kappa shape index (κ3) is 2.75. The second-order valence-corrected chi connectivity index (χ2v) is 6.42. The maximum Gasteiger partial charge on any atom is 0.106 e. The van der Waals surface area contributed by atoms with Crippen molar-refractivity contribution in [2.24, 2.45) is 0 Å². The van der Waals surface area contributed by atoms with Gasteiger partial charge < -0.3 is 9.73 Å². The molecule has 0 spiro atoms. The van der Waals surface area contributed by atoms with Crippen LogP contribution in [0, 0.1) is 13.8 Å². The number of hydrogen-bond acceptors (Lipinski definition) is 3. The molecule has 0 aliphatic carbocycles. The Morgan fingerprint density at radius 1 is 1.28 bits per heavy atom. The highest BCUT2D eigenvalue weighted by atomic mass is 35.5. The number of furan rings is 1. The van der Waals surface area contributed by atoms with Gasteiger partial charge in [0.2, 0.25) is 0 Å². The van der Waals surface area contributed by atoms with Crippen LogP contribution < -0.4 is 5.32 Å². The van der Waals surface area contributed by atoms with Crippen LogP contribution in [0.2, 0.25) is 8.67 Å². The molecule has 0 saturated heterocycles. The first-order valence-electron chi connectivity index (χ1n) is 5.78. The van der Waals surface area contributed by atoms with Crippen molar-refractivity contribution in [3.05, 3.63) is 43.5 Å². The first kappa shape index (κ1) is 13.9. The molecule has 1 N–H and O–H groups in total. The van der Waals surface area contributed by atoms with Gasteiger partial charge >= 0.3 is 0 Å². The topological polar surface area (TPSA) is 25.2 Å². The van der Waals surface area contributed by atoms with Crippen LogP contribution in [0.5, 0.6) is 0 Å². The summed E-state index contributed by atoms with van der Waals surface area (Å²) < 4.78 is 7.03. The molecule has 0 fully saturated rings. The van der Waals surface area contributed by atoms with Gasteiger partial charge in [-0.15, -0.1) is 11.3 Å². The van der Waals surface area contributed by atoms with Crippen molar-refractivity contribution in [2.75, 3.05) is 6.54 Å². The fourth-order valence-electron chi connectivity index (χ4n) is 2.08. The van der Waals surface area contributed by atoms with Gasteiger partial charge in [-0.3, -0.25) is 0 Å². The molecule has 2 nitrogen and oxygen atoms in total. The zero-order chi connectivity index (χ0) is 13.3. The average Bonchev–Trinajstić information content (AvgIpc) is 2.78. The van der Waals surface area contributed by atoms with Crippen LogP contribution in [0.15, 0.2) is 16.5 Å². The number of nitrogens with one attached hydrogen (secondary N) is 1. The van der Waals surface area contributed by atoms with E-state index in [0.717, 1.165) is 33.5 Å². The van der Waals surface area contributed by atoms with E-state index in [2.05, 4.69) is 12.2 Å². The first-order valence-corrected chi connectivity index (χ1v) is 7.35. The maximum atomic E-state index is 6.25. The van der Waals surface area contributed by atoms with Crippen molar-refractivity contribution in [3.8, 4) is 0 Å². The summed E-state index contributed by atoms with van der Waals surface area (Å²) in [5.74, 6) is 1.82. The smallest absolute Gasteiger partial charge is 0.106 e. The van der Waals surface area contributed by atoms with Crippen molar-refractivity contribution in [2.45, 2.75) is 26.8 Å². The Kier molecular flexibility index (Phi) is 4.38. The fraction of sp³-hybridized carbons (Fsp3) is 0.385. The molecular formula is C13H15Cl2NOS. The number of hydrogen-bond donors (Lipinski definition) is 1. The zero-order valence-corrected chi connectivity index (χ0v) is 12.8. The van der Waals surface area contributed by atoms with E-state index >= 15 is 0 Å². The molecule has 0 radical (unpaired) electrons. The van der Waals surface area contributed by atoms with Crippen LogP contribution in [0.4, 0.5) is 0 Å². The molecule has 0 amide bonds. The van der Waals surface area contributed by atoms with E-state index < -0.39 is 0 Å². The molecule has 5 heteroatoms. The summed E-state index contributed by atoms with van der Waals surface area (Å²) in [7, 11) is 0. The Hall–Kier alpha value is -0.480. The second-order valence-electron chi connectivity index (χ2n) is 4.14. The minimum Gasteiger partial charge on any atom is -0.466 e. The standard InChI is InChI=1S/C13H15Cl2NOS/c1-4-16-12(9-5-7(2)17-8(9)3)10-6-11(14)18-13(10)15/h5-6,12,16H,4H2,1-3H3. The lowest BCUT2D eigenvalue weighted by atomic mass is 10.0. The number of rotatable bonds is 4. The normalized spacial score (nSPS) is 12.9. The van der Waals surface area contributed by atoms with Crippen LogP contribution in [0.3, 0.4) is 0 Å². The Morgan fingerprint density at radius 3 is 2.44 bits per heavy atom. The molecule has 0 aromatic carbocycles. The van der Waals surface area contributed by atoms with Gasteiger partial charge in [0.15, 0.2) is 0 Å². The Labute approximate surface area is 121 Å². The Morgan fingerprint density at radius 2 is 2.00 bits per heavy atom. The second kappa shape index (κ2) is 5.66. The highest BCUT2D eigenvalue weighted by molar-refractivity contribution is 7.20. The molecule has 98 valence electrons. The van der Waals surface area contributed by atoms with Gasteiger partial charge in [0.05, 0.1) is 14.7 Å².